The van der Waals surface area contributed by atoms with Crippen molar-refractivity contribution < 1.29 is 17.9 Å². The van der Waals surface area contributed by atoms with E-state index in [0.29, 0.717) is 5.56 Å². The standard InChI is InChI=1S/C11H12F3NO/c1-16-9-5-7(10(15)2-3-10)4-8(6-9)11(12,13)14/h4-6H,2-3,15H2,1H3. The minimum atomic E-state index is -4.37. The lowest BCUT2D eigenvalue weighted by molar-refractivity contribution is -0.137. The summed E-state index contributed by atoms with van der Waals surface area (Å²) < 4.78 is 42.6. The molecule has 0 radical (unpaired) electrons. The normalized spacial score (nSPS) is 18.3. The Morgan fingerprint density at radius 3 is 2.31 bits per heavy atom. The van der Waals surface area contributed by atoms with Gasteiger partial charge in [-0.2, -0.15) is 13.2 Å². The maximum absolute atomic E-state index is 12.6. The largest absolute Gasteiger partial charge is 0.497 e. The van der Waals surface area contributed by atoms with E-state index in [2.05, 4.69) is 0 Å². The summed E-state index contributed by atoms with van der Waals surface area (Å²) in [4.78, 5) is 0. The molecule has 0 aliphatic heterocycles. The average molecular weight is 231 g/mol. The number of hydrogen-bond donors (Lipinski definition) is 1. The molecule has 0 bridgehead atoms. The minimum Gasteiger partial charge on any atom is -0.497 e. The Labute approximate surface area is 91.2 Å². The van der Waals surface area contributed by atoms with Crippen LogP contribution in [0.4, 0.5) is 13.2 Å². The molecular formula is C11H12F3NO. The maximum atomic E-state index is 12.6. The third kappa shape index (κ3) is 2.00. The van der Waals surface area contributed by atoms with Crippen molar-refractivity contribution in [3.8, 4) is 5.75 Å². The Balaban J connectivity index is 2.47. The summed E-state index contributed by atoms with van der Waals surface area (Å²) in [6, 6.07) is 3.66. The van der Waals surface area contributed by atoms with Crippen LogP contribution in [0.5, 0.6) is 5.75 Å². The van der Waals surface area contributed by atoms with Gasteiger partial charge < -0.3 is 10.5 Å². The number of benzene rings is 1. The first-order chi connectivity index (χ1) is 7.35. The van der Waals surface area contributed by atoms with Crippen molar-refractivity contribution in [1.29, 1.82) is 0 Å². The molecule has 0 saturated heterocycles. The predicted octanol–water partition coefficient (Wildman–Crippen LogP) is 2.66. The highest BCUT2D eigenvalue weighted by Crippen LogP contribution is 2.45. The summed E-state index contributed by atoms with van der Waals surface area (Å²) in [7, 11) is 1.34. The molecule has 0 aromatic heterocycles. The van der Waals surface area contributed by atoms with Gasteiger partial charge in [-0.05, 0) is 36.6 Å². The Kier molecular flexibility index (Phi) is 2.38. The van der Waals surface area contributed by atoms with Crippen LogP contribution in [0.1, 0.15) is 24.0 Å². The highest BCUT2D eigenvalue weighted by Gasteiger charge is 2.42. The molecule has 1 aromatic carbocycles. The molecule has 2 rings (SSSR count). The number of methoxy groups -OCH3 is 1. The van der Waals surface area contributed by atoms with E-state index in [-0.39, 0.29) is 5.75 Å². The van der Waals surface area contributed by atoms with Gasteiger partial charge in [0.1, 0.15) is 5.75 Å². The molecule has 1 saturated carbocycles. The van der Waals surface area contributed by atoms with Crippen LogP contribution < -0.4 is 10.5 Å². The minimum absolute atomic E-state index is 0.196. The number of nitrogens with two attached hydrogens (primary N) is 1. The number of rotatable bonds is 2. The van der Waals surface area contributed by atoms with E-state index in [1.807, 2.05) is 0 Å². The lowest BCUT2D eigenvalue weighted by Gasteiger charge is -2.15. The van der Waals surface area contributed by atoms with Crippen LogP contribution in [0.15, 0.2) is 18.2 Å². The monoisotopic (exact) mass is 231 g/mol. The van der Waals surface area contributed by atoms with Crippen LogP contribution in [0.3, 0.4) is 0 Å². The summed E-state index contributed by atoms with van der Waals surface area (Å²) in [5, 5.41) is 0. The maximum Gasteiger partial charge on any atom is 0.416 e. The van der Waals surface area contributed by atoms with Crippen LogP contribution in [0, 0.1) is 0 Å². The van der Waals surface area contributed by atoms with Crippen molar-refractivity contribution in [1.82, 2.24) is 0 Å². The average Bonchev–Trinajstić information content (AvgIpc) is 2.96. The molecule has 0 atom stereocenters. The van der Waals surface area contributed by atoms with Crippen LogP contribution >= 0.6 is 0 Å². The van der Waals surface area contributed by atoms with E-state index < -0.39 is 17.3 Å². The van der Waals surface area contributed by atoms with Crippen molar-refractivity contribution >= 4 is 0 Å². The number of alkyl halides is 3. The van der Waals surface area contributed by atoms with E-state index >= 15 is 0 Å². The number of ether oxygens (including phenoxy) is 1. The first-order valence-electron chi connectivity index (χ1n) is 4.91. The van der Waals surface area contributed by atoms with Crippen LogP contribution in [-0.4, -0.2) is 7.11 Å². The smallest absolute Gasteiger partial charge is 0.416 e. The van der Waals surface area contributed by atoms with Gasteiger partial charge in [0.2, 0.25) is 0 Å². The third-order valence-electron chi connectivity index (χ3n) is 2.83. The Bertz CT molecular complexity index is 387. The molecule has 1 aliphatic carbocycles. The van der Waals surface area contributed by atoms with Crippen molar-refractivity contribution in [2.75, 3.05) is 7.11 Å². The first-order valence-corrected chi connectivity index (χ1v) is 4.91. The summed E-state index contributed by atoms with van der Waals surface area (Å²) >= 11 is 0. The van der Waals surface area contributed by atoms with Gasteiger partial charge in [0.05, 0.1) is 12.7 Å². The Hall–Kier alpha value is -1.23. The quantitative estimate of drug-likeness (QED) is 0.849. The van der Waals surface area contributed by atoms with E-state index in [1.165, 1.54) is 7.11 Å². The fourth-order valence-corrected chi connectivity index (χ4v) is 1.59. The third-order valence-corrected chi connectivity index (χ3v) is 2.83. The van der Waals surface area contributed by atoms with E-state index in [0.717, 1.165) is 25.0 Å². The van der Waals surface area contributed by atoms with Crippen LogP contribution in [0.2, 0.25) is 0 Å². The Morgan fingerprint density at radius 2 is 1.88 bits per heavy atom. The molecule has 1 aliphatic rings. The number of hydrogen-bond acceptors (Lipinski definition) is 2. The van der Waals surface area contributed by atoms with Gasteiger partial charge in [-0.25, -0.2) is 0 Å². The lowest BCUT2D eigenvalue weighted by atomic mass is 10.0. The van der Waals surface area contributed by atoms with Gasteiger partial charge in [-0.1, -0.05) is 0 Å². The Morgan fingerprint density at radius 1 is 1.25 bits per heavy atom. The molecule has 1 fully saturated rings. The van der Waals surface area contributed by atoms with Gasteiger partial charge in [-0.3, -0.25) is 0 Å². The molecule has 88 valence electrons. The van der Waals surface area contributed by atoms with Gasteiger partial charge in [-0.15, -0.1) is 0 Å². The molecular weight excluding hydrogens is 219 g/mol. The van der Waals surface area contributed by atoms with Crippen LogP contribution in [0.25, 0.3) is 0 Å². The van der Waals surface area contributed by atoms with Crippen LogP contribution in [-0.2, 0) is 11.7 Å². The fourth-order valence-electron chi connectivity index (χ4n) is 1.59. The van der Waals surface area contributed by atoms with Crippen molar-refractivity contribution in [3.63, 3.8) is 0 Å². The summed E-state index contributed by atoms with van der Waals surface area (Å²) in [6.45, 7) is 0. The molecule has 16 heavy (non-hydrogen) atoms. The van der Waals surface area contributed by atoms with E-state index in [1.54, 1.807) is 6.07 Å². The molecule has 0 amide bonds. The highest BCUT2D eigenvalue weighted by molar-refractivity contribution is 5.41. The second-order valence-corrected chi connectivity index (χ2v) is 4.10. The van der Waals surface area contributed by atoms with Crippen molar-refractivity contribution in [2.24, 2.45) is 5.73 Å². The zero-order valence-corrected chi connectivity index (χ0v) is 8.77. The number of halogens is 3. The molecule has 2 N–H and O–H groups in total. The second kappa shape index (κ2) is 3.38. The van der Waals surface area contributed by atoms with Gasteiger partial charge in [0, 0.05) is 5.54 Å². The lowest BCUT2D eigenvalue weighted by Crippen LogP contribution is -2.20. The SMILES string of the molecule is COc1cc(C(F)(F)F)cc(C2(N)CC2)c1. The summed E-state index contributed by atoms with van der Waals surface area (Å²) in [5.74, 6) is 0.196. The zero-order valence-electron chi connectivity index (χ0n) is 8.77. The highest BCUT2D eigenvalue weighted by atomic mass is 19.4. The zero-order chi connectivity index (χ0) is 12.0. The molecule has 0 spiro atoms. The van der Waals surface area contributed by atoms with Gasteiger partial charge in [0.25, 0.3) is 0 Å². The first kappa shape index (κ1) is 11.3. The van der Waals surface area contributed by atoms with Crippen molar-refractivity contribution in [3.05, 3.63) is 29.3 Å². The van der Waals surface area contributed by atoms with Crippen molar-refractivity contribution in [2.45, 2.75) is 24.6 Å². The topological polar surface area (TPSA) is 35.2 Å². The summed E-state index contributed by atoms with van der Waals surface area (Å²) in [5.41, 5.74) is 5.08. The van der Waals surface area contributed by atoms with Gasteiger partial charge in [0.15, 0.2) is 0 Å². The molecule has 0 unspecified atom stereocenters. The molecule has 1 aromatic rings. The molecule has 0 heterocycles. The fraction of sp³-hybridized carbons (Fsp3) is 0.455. The predicted molar refractivity (Wildman–Crippen MR) is 53.1 cm³/mol. The van der Waals surface area contributed by atoms with E-state index in [4.69, 9.17) is 10.5 Å². The molecule has 2 nitrogen and oxygen atoms in total. The summed E-state index contributed by atoms with van der Waals surface area (Å²) in [6.07, 6.45) is -2.93. The van der Waals surface area contributed by atoms with Gasteiger partial charge >= 0.3 is 6.18 Å². The second-order valence-electron chi connectivity index (χ2n) is 4.10. The van der Waals surface area contributed by atoms with E-state index in [9.17, 15) is 13.2 Å². The molecule has 5 heteroatoms.